The molecule has 0 saturated heterocycles. The molecule has 2 aromatic heterocycles. The maximum atomic E-state index is 13.4. The van der Waals surface area contributed by atoms with Crippen molar-refractivity contribution in [2.75, 3.05) is 0 Å². The average Bonchev–Trinajstić information content (AvgIpc) is 3.76. The van der Waals surface area contributed by atoms with E-state index in [2.05, 4.69) is 22.4 Å². The number of fused-ring (bicyclic) bond motifs is 3. The van der Waals surface area contributed by atoms with E-state index in [0.29, 0.717) is 40.0 Å². The molecule has 0 saturated carbocycles. The van der Waals surface area contributed by atoms with Crippen LogP contribution in [0.2, 0.25) is 0 Å². The number of alkyl halides is 6. The number of hydrogen-bond donors (Lipinski definition) is 1. The molecule has 0 fully saturated rings. The Morgan fingerprint density at radius 2 is 0.783 bits per heavy atom. The zero-order valence-corrected chi connectivity index (χ0v) is 36.0. The van der Waals surface area contributed by atoms with Crippen LogP contribution in [-0.4, -0.2) is 26.6 Å². The third kappa shape index (κ3) is 8.73. The Labute approximate surface area is 390 Å². The molecule has 10 aromatic rings. The van der Waals surface area contributed by atoms with Gasteiger partial charge < -0.3 is 9.73 Å². The van der Waals surface area contributed by atoms with E-state index in [-0.39, 0.29) is 5.82 Å². The van der Waals surface area contributed by atoms with Crippen molar-refractivity contribution >= 4 is 33.6 Å². The quantitative estimate of drug-likeness (QED) is 0.153. The summed E-state index contributed by atoms with van der Waals surface area (Å²) in [5.74, 6) is 2.01. The van der Waals surface area contributed by atoms with E-state index in [1.54, 1.807) is 0 Å². The van der Waals surface area contributed by atoms with Crippen LogP contribution in [0, 0.1) is 0 Å². The highest BCUT2D eigenvalue weighted by atomic mass is 19.4. The molecule has 0 radical (unpaired) electrons. The number of aromatic nitrogens is 3. The number of rotatable bonds is 8. The lowest BCUT2D eigenvalue weighted by molar-refractivity contribution is -0.138. The van der Waals surface area contributed by atoms with Gasteiger partial charge in [0.2, 0.25) is 0 Å². The molecule has 0 amide bonds. The van der Waals surface area contributed by atoms with E-state index in [0.717, 1.165) is 85.1 Å². The van der Waals surface area contributed by atoms with Crippen molar-refractivity contribution in [1.29, 1.82) is 0 Å². The molecule has 3 heterocycles. The standard InChI is InChI=1S/C56H34F6N6O/c57-55(58,59)43-25-19-39(20-26-43)53-65-49(35-7-3-1-4-8-35)63-51(67-53)37-15-11-33(12-16-37)41-23-29-47-45(31-41)46-32-42(24-30-48(46)69-47)34-13-17-38(18-14-34)52-64-50(36-9-5-2-6-10-36)66-54(68-52)40-21-27-44(28-22-40)56(60,61)62/h1-32,53H,(H,63,65,67). The zero-order valence-electron chi connectivity index (χ0n) is 36.0. The molecule has 7 nitrogen and oxygen atoms in total. The van der Waals surface area contributed by atoms with Gasteiger partial charge in [0.25, 0.3) is 0 Å². The minimum Gasteiger partial charge on any atom is -0.456 e. The second-order valence-electron chi connectivity index (χ2n) is 16.4. The van der Waals surface area contributed by atoms with Crippen molar-refractivity contribution in [3.63, 3.8) is 0 Å². The van der Waals surface area contributed by atoms with Gasteiger partial charge in [-0.15, -0.1) is 0 Å². The summed E-state index contributed by atoms with van der Waals surface area (Å²) >= 11 is 0. The highest BCUT2D eigenvalue weighted by Gasteiger charge is 2.32. The van der Waals surface area contributed by atoms with E-state index in [4.69, 9.17) is 24.4 Å². The van der Waals surface area contributed by atoms with Crippen LogP contribution in [0.1, 0.15) is 34.0 Å². The lowest BCUT2D eigenvalue weighted by Crippen LogP contribution is -2.33. The van der Waals surface area contributed by atoms with E-state index >= 15 is 0 Å². The molecule has 0 bridgehead atoms. The molecule has 1 unspecified atom stereocenters. The second-order valence-corrected chi connectivity index (χ2v) is 16.4. The van der Waals surface area contributed by atoms with Crippen molar-refractivity contribution in [2.24, 2.45) is 9.98 Å². The number of hydrogen-bond acceptors (Lipinski definition) is 7. The number of furan rings is 1. The Kier molecular flexibility index (Phi) is 10.7. The Morgan fingerprint density at radius 1 is 0.391 bits per heavy atom. The minimum absolute atomic E-state index is 0.250. The third-order valence-electron chi connectivity index (χ3n) is 11.9. The summed E-state index contributed by atoms with van der Waals surface area (Å²) in [4.78, 5) is 23.8. The number of halogens is 6. The molecule has 0 aliphatic carbocycles. The highest BCUT2D eigenvalue weighted by molar-refractivity contribution is 6.13. The van der Waals surface area contributed by atoms with Crippen LogP contribution in [0.4, 0.5) is 26.3 Å². The van der Waals surface area contributed by atoms with Crippen LogP contribution in [0.15, 0.2) is 209 Å². The van der Waals surface area contributed by atoms with E-state index in [9.17, 15) is 26.3 Å². The molecule has 1 aliphatic heterocycles. The van der Waals surface area contributed by atoms with Crippen molar-refractivity contribution in [3.8, 4) is 56.4 Å². The van der Waals surface area contributed by atoms with Gasteiger partial charge in [-0.2, -0.15) is 26.3 Å². The fourth-order valence-corrected chi connectivity index (χ4v) is 8.27. The Bertz CT molecular complexity index is 3570. The van der Waals surface area contributed by atoms with Crippen LogP contribution in [0.3, 0.4) is 0 Å². The van der Waals surface area contributed by atoms with Gasteiger partial charge in [0.1, 0.15) is 23.2 Å². The van der Waals surface area contributed by atoms with E-state index < -0.39 is 29.6 Å². The van der Waals surface area contributed by atoms with Crippen LogP contribution in [-0.2, 0) is 12.4 Å². The predicted molar refractivity (Wildman–Crippen MR) is 256 cm³/mol. The maximum absolute atomic E-state index is 13.4. The van der Waals surface area contributed by atoms with Crippen molar-refractivity contribution in [2.45, 2.75) is 18.5 Å². The Hall–Kier alpha value is -8.71. The van der Waals surface area contributed by atoms with Crippen LogP contribution in [0.25, 0.3) is 78.4 Å². The molecule has 69 heavy (non-hydrogen) atoms. The summed E-state index contributed by atoms with van der Waals surface area (Å²) in [5.41, 5.74) is 7.72. The molecule has 0 spiro atoms. The molecule has 8 aromatic carbocycles. The number of aliphatic imine (C=N–C) groups is 2. The Morgan fingerprint density at radius 3 is 1.26 bits per heavy atom. The monoisotopic (exact) mass is 920 g/mol. The number of benzene rings is 8. The fourth-order valence-electron chi connectivity index (χ4n) is 8.27. The number of amidine groups is 2. The van der Waals surface area contributed by atoms with Gasteiger partial charge in [-0.1, -0.05) is 146 Å². The third-order valence-corrected chi connectivity index (χ3v) is 11.9. The summed E-state index contributed by atoms with van der Waals surface area (Å²) < 4.78 is 86.5. The molecular weight excluding hydrogens is 887 g/mol. The topological polar surface area (TPSA) is 88.6 Å². The van der Waals surface area contributed by atoms with Gasteiger partial charge in [-0.25, -0.2) is 24.9 Å². The summed E-state index contributed by atoms with van der Waals surface area (Å²) in [5, 5.41) is 5.15. The van der Waals surface area contributed by atoms with Crippen molar-refractivity contribution in [3.05, 3.63) is 222 Å². The first-order valence-corrected chi connectivity index (χ1v) is 21.7. The molecule has 13 heteroatoms. The van der Waals surface area contributed by atoms with Gasteiger partial charge in [-0.3, -0.25) is 0 Å². The van der Waals surface area contributed by atoms with Gasteiger partial charge in [0.15, 0.2) is 23.3 Å². The first-order valence-electron chi connectivity index (χ1n) is 21.7. The normalized spacial score (nSPS) is 14.1. The van der Waals surface area contributed by atoms with E-state index in [1.807, 2.05) is 133 Å². The summed E-state index contributed by atoms with van der Waals surface area (Å²) in [6.07, 6.45) is -9.60. The first kappa shape index (κ1) is 42.9. The SMILES string of the molecule is FC(F)(F)c1ccc(-c2nc(-c3ccccc3)nc(-c3ccc(-c4ccc5oc6ccc(-c7ccc(C8=NC(c9ccc(C(F)(F)F)cc9)NC(c9ccccc9)=N8)cc7)cc6c5c4)cc3)n2)cc1. The van der Waals surface area contributed by atoms with Crippen LogP contribution < -0.4 is 5.32 Å². The summed E-state index contributed by atoms with van der Waals surface area (Å²) in [6, 6.07) is 56.3. The molecule has 1 N–H and O–H groups in total. The summed E-state index contributed by atoms with van der Waals surface area (Å²) in [6.45, 7) is 0. The Balaban J connectivity index is 0.882. The highest BCUT2D eigenvalue weighted by Crippen LogP contribution is 2.37. The molecular formula is C56H34F6N6O. The van der Waals surface area contributed by atoms with Gasteiger partial charge >= 0.3 is 12.4 Å². The maximum Gasteiger partial charge on any atom is 0.416 e. The molecule has 1 aliphatic rings. The van der Waals surface area contributed by atoms with Crippen molar-refractivity contribution in [1.82, 2.24) is 20.3 Å². The largest absolute Gasteiger partial charge is 0.456 e. The fraction of sp³-hybridized carbons (Fsp3) is 0.0536. The first-order chi connectivity index (χ1) is 33.4. The number of nitrogens with zero attached hydrogens (tertiary/aromatic N) is 5. The minimum atomic E-state index is -4.47. The van der Waals surface area contributed by atoms with Crippen LogP contribution >= 0.6 is 0 Å². The van der Waals surface area contributed by atoms with Crippen LogP contribution in [0.5, 0.6) is 0 Å². The predicted octanol–water partition coefficient (Wildman–Crippen LogP) is 14.6. The average molecular weight is 921 g/mol. The lowest BCUT2D eigenvalue weighted by atomic mass is 9.99. The lowest BCUT2D eigenvalue weighted by Gasteiger charge is -2.24. The summed E-state index contributed by atoms with van der Waals surface area (Å²) in [7, 11) is 0. The smallest absolute Gasteiger partial charge is 0.416 e. The van der Waals surface area contributed by atoms with Gasteiger partial charge in [-0.05, 0) is 76.3 Å². The van der Waals surface area contributed by atoms with Gasteiger partial charge in [0, 0.05) is 38.6 Å². The molecule has 336 valence electrons. The number of nitrogens with one attached hydrogen (secondary N) is 1. The van der Waals surface area contributed by atoms with Gasteiger partial charge in [0.05, 0.1) is 11.1 Å². The molecule has 11 rings (SSSR count). The van der Waals surface area contributed by atoms with E-state index in [1.165, 1.54) is 24.3 Å². The van der Waals surface area contributed by atoms with Crippen molar-refractivity contribution < 1.29 is 30.8 Å². The zero-order chi connectivity index (χ0) is 47.3. The molecule has 1 atom stereocenters. The second kappa shape index (κ2) is 17.2.